The third-order valence-electron chi connectivity index (χ3n) is 4.77. The first-order valence-corrected chi connectivity index (χ1v) is 10.1. The largest absolute Gasteiger partial charge is 0.394 e. The molecule has 0 saturated heterocycles. The quantitative estimate of drug-likeness (QED) is 0.481. The molecule has 3 N–H and O–H groups in total. The number of nitrogens with two attached hydrogens (primary N) is 1. The second kappa shape index (κ2) is 12.5. The number of benzene rings is 1. The molecule has 1 rings (SSSR count). The molecule has 3 nitrogen and oxygen atoms in total. The summed E-state index contributed by atoms with van der Waals surface area (Å²) in [6, 6.07) is 8.88. The zero-order chi connectivity index (χ0) is 18.5. The molecule has 1 atom stereocenters. The predicted octanol–water partition coefficient (Wildman–Crippen LogP) is 4.64. The summed E-state index contributed by atoms with van der Waals surface area (Å²) in [5, 5.41) is 9.59. The van der Waals surface area contributed by atoms with E-state index in [0.29, 0.717) is 6.61 Å². The number of aryl methyl sites for hydroxylation is 2. The summed E-state index contributed by atoms with van der Waals surface area (Å²) in [5.74, 6) is 0. The van der Waals surface area contributed by atoms with Gasteiger partial charge in [0.15, 0.2) is 0 Å². The number of aliphatic hydroxyl groups is 1. The van der Waals surface area contributed by atoms with Crippen LogP contribution in [0.1, 0.15) is 76.8 Å². The van der Waals surface area contributed by atoms with Gasteiger partial charge in [0.25, 0.3) is 0 Å². The molecule has 1 unspecified atom stereocenters. The standard InChI is InChI=1S/C22H39NO2/c1-4-5-6-7-8-9-10-20-11-13-21(14-12-20)15-16-22(23,17-24)18-25-19(2)3/h11-14,19,24H,4-10,15-18,23H2,1-3H3. The molecule has 0 heterocycles. The molecule has 0 aliphatic rings. The van der Waals surface area contributed by atoms with E-state index in [1.165, 1.54) is 56.1 Å². The highest BCUT2D eigenvalue weighted by atomic mass is 16.5. The minimum Gasteiger partial charge on any atom is -0.394 e. The summed E-state index contributed by atoms with van der Waals surface area (Å²) >= 11 is 0. The molecule has 0 aliphatic heterocycles. The van der Waals surface area contributed by atoms with Gasteiger partial charge in [0.2, 0.25) is 0 Å². The van der Waals surface area contributed by atoms with E-state index < -0.39 is 5.54 Å². The summed E-state index contributed by atoms with van der Waals surface area (Å²) in [7, 11) is 0. The molecule has 0 radical (unpaired) electrons. The van der Waals surface area contributed by atoms with Crippen LogP contribution in [0.3, 0.4) is 0 Å². The fourth-order valence-corrected chi connectivity index (χ4v) is 2.90. The lowest BCUT2D eigenvalue weighted by atomic mass is 9.93. The molecule has 0 bridgehead atoms. The summed E-state index contributed by atoms with van der Waals surface area (Å²) in [5.41, 5.74) is 8.31. The molecule has 0 aliphatic carbocycles. The highest BCUT2D eigenvalue weighted by molar-refractivity contribution is 5.23. The minimum atomic E-state index is -0.651. The van der Waals surface area contributed by atoms with Crippen LogP contribution in [-0.2, 0) is 17.6 Å². The van der Waals surface area contributed by atoms with E-state index in [1.807, 2.05) is 13.8 Å². The lowest BCUT2D eigenvalue weighted by Crippen LogP contribution is -2.49. The van der Waals surface area contributed by atoms with Gasteiger partial charge in [-0.2, -0.15) is 0 Å². The molecule has 144 valence electrons. The third kappa shape index (κ3) is 9.98. The lowest BCUT2D eigenvalue weighted by molar-refractivity contribution is 0.0172. The molecule has 0 spiro atoms. The van der Waals surface area contributed by atoms with Crippen molar-refractivity contribution >= 4 is 0 Å². The van der Waals surface area contributed by atoms with Gasteiger partial charge in [-0.3, -0.25) is 0 Å². The maximum absolute atomic E-state index is 9.59. The summed E-state index contributed by atoms with van der Waals surface area (Å²) < 4.78 is 5.60. The molecule has 1 aromatic carbocycles. The summed E-state index contributed by atoms with van der Waals surface area (Å²) in [6.45, 7) is 6.59. The van der Waals surface area contributed by atoms with Crippen LogP contribution in [0.25, 0.3) is 0 Å². The minimum absolute atomic E-state index is 0.0458. The second-order valence-corrected chi connectivity index (χ2v) is 7.71. The van der Waals surface area contributed by atoms with Gasteiger partial charge in [-0.25, -0.2) is 0 Å². The molecular weight excluding hydrogens is 310 g/mol. The Morgan fingerprint density at radius 2 is 1.52 bits per heavy atom. The van der Waals surface area contributed by atoms with Crippen molar-refractivity contribution in [3.63, 3.8) is 0 Å². The molecule has 25 heavy (non-hydrogen) atoms. The Kier molecular flexibility index (Phi) is 11.0. The van der Waals surface area contributed by atoms with Gasteiger partial charge in [-0.15, -0.1) is 0 Å². The van der Waals surface area contributed by atoms with Gasteiger partial charge in [0.1, 0.15) is 0 Å². The van der Waals surface area contributed by atoms with Crippen LogP contribution in [0.2, 0.25) is 0 Å². The summed E-state index contributed by atoms with van der Waals surface area (Å²) in [6.07, 6.45) is 10.9. The van der Waals surface area contributed by atoms with E-state index in [4.69, 9.17) is 10.5 Å². The predicted molar refractivity (Wildman–Crippen MR) is 107 cm³/mol. The molecule has 0 fully saturated rings. The van der Waals surface area contributed by atoms with Crippen LogP contribution in [-0.4, -0.2) is 30.0 Å². The van der Waals surface area contributed by atoms with Crippen LogP contribution in [0.15, 0.2) is 24.3 Å². The van der Waals surface area contributed by atoms with E-state index in [2.05, 4.69) is 31.2 Å². The van der Waals surface area contributed by atoms with Gasteiger partial charge >= 0.3 is 0 Å². The van der Waals surface area contributed by atoms with E-state index in [9.17, 15) is 5.11 Å². The molecular formula is C22H39NO2. The topological polar surface area (TPSA) is 55.5 Å². The van der Waals surface area contributed by atoms with Crippen molar-refractivity contribution in [2.45, 2.75) is 90.2 Å². The van der Waals surface area contributed by atoms with Crippen molar-refractivity contribution in [1.82, 2.24) is 0 Å². The van der Waals surface area contributed by atoms with Crippen molar-refractivity contribution in [2.75, 3.05) is 13.2 Å². The zero-order valence-electron chi connectivity index (χ0n) is 16.6. The Morgan fingerprint density at radius 3 is 2.08 bits per heavy atom. The maximum atomic E-state index is 9.59. The molecule has 0 aromatic heterocycles. The van der Waals surface area contributed by atoms with Crippen molar-refractivity contribution in [3.05, 3.63) is 35.4 Å². The van der Waals surface area contributed by atoms with Gasteiger partial charge in [-0.05, 0) is 50.7 Å². The van der Waals surface area contributed by atoms with Crippen molar-refractivity contribution in [3.8, 4) is 0 Å². The van der Waals surface area contributed by atoms with Gasteiger partial charge in [0, 0.05) is 0 Å². The Bertz CT molecular complexity index is 444. The van der Waals surface area contributed by atoms with Crippen molar-refractivity contribution in [1.29, 1.82) is 0 Å². The Balaban J connectivity index is 2.33. The normalized spacial score (nSPS) is 14.0. The highest BCUT2D eigenvalue weighted by Gasteiger charge is 2.24. The van der Waals surface area contributed by atoms with Crippen LogP contribution in [0, 0.1) is 0 Å². The third-order valence-corrected chi connectivity index (χ3v) is 4.77. The summed E-state index contributed by atoms with van der Waals surface area (Å²) in [4.78, 5) is 0. The molecule has 0 amide bonds. The first-order chi connectivity index (χ1) is 12.0. The van der Waals surface area contributed by atoms with Crippen LogP contribution < -0.4 is 5.73 Å². The average molecular weight is 350 g/mol. The van der Waals surface area contributed by atoms with Crippen LogP contribution in [0.5, 0.6) is 0 Å². The van der Waals surface area contributed by atoms with Gasteiger partial charge in [0.05, 0.1) is 24.9 Å². The number of unbranched alkanes of at least 4 members (excludes halogenated alkanes) is 5. The Morgan fingerprint density at radius 1 is 0.960 bits per heavy atom. The van der Waals surface area contributed by atoms with Crippen LogP contribution in [0.4, 0.5) is 0 Å². The van der Waals surface area contributed by atoms with E-state index >= 15 is 0 Å². The SMILES string of the molecule is CCCCCCCCc1ccc(CCC(N)(CO)COC(C)C)cc1. The molecule has 1 aromatic rings. The first kappa shape index (κ1) is 22.1. The molecule has 3 heteroatoms. The van der Waals surface area contributed by atoms with Crippen molar-refractivity contribution < 1.29 is 9.84 Å². The second-order valence-electron chi connectivity index (χ2n) is 7.71. The highest BCUT2D eigenvalue weighted by Crippen LogP contribution is 2.16. The molecule has 0 saturated carbocycles. The fraction of sp³-hybridized carbons (Fsp3) is 0.727. The number of ether oxygens (including phenoxy) is 1. The Labute approximate surface area is 155 Å². The number of hydrogen-bond donors (Lipinski definition) is 2. The van der Waals surface area contributed by atoms with Crippen LogP contribution >= 0.6 is 0 Å². The van der Waals surface area contributed by atoms with Gasteiger partial charge < -0.3 is 15.6 Å². The van der Waals surface area contributed by atoms with Crippen molar-refractivity contribution in [2.24, 2.45) is 5.73 Å². The average Bonchev–Trinajstić information content (AvgIpc) is 2.62. The lowest BCUT2D eigenvalue weighted by Gasteiger charge is -2.28. The number of aliphatic hydroxyl groups excluding tert-OH is 1. The van der Waals surface area contributed by atoms with Gasteiger partial charge in [-0.1, -0.05) is 63.3 Å². The Hall–Kier alpha value is -0.900. The monoisotopic (exact) mass is 349 g/mol. The van der Waals surface area contributed by atoms with E-state index in [1.54, 1.807) is 0 Å². The van der Waals surface area contributed by atoms with E-state index in [0.717, 1.165) is 12.8 Å². The van der Waals surface area contributed by atoms with E-state index in [-0.39, 0.29) is 12.7 Å². The number of rotatable bonds is 14. The fourth-order valence-electron chi connectivity index (χ4n) is 2.90. The number of hydrogen-bond acceptors (Lipinski definition) is 3. The first-order valence-electron chi connectivity index (χ1n) is 10.1. The smallest absolute Gasteiger partial charge is 0.0672 e. The maximum Gasteiger partial charge on any atom is 0.0672 e. The zero-order valence-corrected chi connectivity index (χ0v) is 16.6.